The number of nitrogens with one attached hydrogen (secondary N) is 2. The van der Waals surface area contributed by atoms with Crippen molar-refractivity contribution in [1.82, 2.24) is 10.0 Å². The Bertz CT molecular complexity index is 1200. The van der Waals surface area contributed by atoms with E-state index >= 15 is 0 Å². The van der Waals surface area contributed by atoms with E-state index in [2.05, 4.69) is 10.0 Å². The number of nitro benzene ring substituents is 1. The molecule has 0 aliphatic rings. The number of nitrogens with zero attached hydrogens (tertiary/aromatic N) is 1. The van der Waals surface area contributed by atoms with Gasteiger partial charge < -0.3 is 10.1 Å². The molecular weight excluding hydrogens is 434 g/mol. The van der Waals surface area contributed by atoms with E-state index in [-0.39, 0.29) is 29.6 Å². The topological polar surface area (TPSA) is 128 Å². The molecule has 32 heavy (non-hydrogen) atoms. The number of hydrogen-bond acceptors (Lipinski definition) is 6. The van der Waals surface area contributed by atoms with Crippen molar-refractivity contribution in [2.75, 3.05) is 13.1 Å². The number of carbonyl (C=O) groups is 1. The average Bonchev–Trinajstić information content (AvgIpc) is 2.81. The third-order valence-corrected chi connectivity index (χ3v) is 5.84. The lowest BCUT2D eigenvalue weighted by Gasteiger charge is -2.10. The van der Waals surface area contributed by atoms with Crippen LogP contribution in [0.2, 0.25) is 0 Å². The monoisotopic (exact) mass is 455 g/mol. The van der Waals surface area contributed by atoms with Gasteiger partial charge in [-0.3, -0.25) is 14.9 Å². The van der Waals surface area contributed by atoms with E-state index in [0.717, 1.165) is 11.6 Å². The Morgan fingerprint density at radius 2 is 1.69 bits per heavy atom. The second kappa shape index (κ2) is 10.5. The first kappa shape index (κ1) is 22.9. The lowest BCUT2D eigenvalue weighted by Crippen LogP contribution is -2.34. The molecule has 0 bridgehead atoms. The van der Waals surface area contributed by atoms with Crippen molar-refractivity contribution in [3.63, 3.8) is 0 Å². The molecule has 0 aliphatic heterocycles. The highest BCUT2D eigenvalue weighted by molar-refractivity contribution is 7.89. The molecule has 10 heteroatoms. The minimum Gasteiger partial charge on any atom is -0.489 e. The van der Waals surface area contributed by atoms with Crippen LogP contribution in [0.15, 0.2) is 83.8 Å². The first-order valence-corrected chi connectivity index (χ1v) is 11.1. The molecule has 0 saturated carbocycles. The number of ether oxygens (including phenoxy) is 1. The molecule has 0 heterocycles. The van der Waals surface area contributed by atoms with Gasteiger partial charge in [0.05, 0.1) is 9.82 Å². The number of rotatable bonds is 10. The van der Waals surface area contributed by atoms with Crippen molar-refractivity contribution in [3.8, 4) is 5.75 Å². The highest BCUT2D eigenvalue weighted by atomic mass is 32.2. The summed E-state index contributed by atoms with van der Waals surface area (Å²) >= 11 is 0. The summed E-state index contributed by atoms with van der Waals surface area (Å²) in [6.07, 6.45) is 0. The lowest BCUT2D eigenvalue weighted by molar-refractivity contribution is -0.385. The summed E-state index contributed by atoms with van der Waals surface area (Å²) in [7, 11) is -3.95. The van der Waals surface area contributed by atoms with E-state index in [1.165, 1.54) is 18.2 Å². The van der Waals surface area contributed by atoms with Crippen LogP contribution in [0.5, 0.6) is 5.75 Å². The Balaban J connectivity index is 1.50. The fourth-order valence-corrected chi connectivity index (χ4v) is 3.85. The summed E-state index contributed by atoms with van der Waals surface area (Å²) < 4.78 is 32.6. The van der Waals surface area contributed by atoms with Crippen LogP contribution < -0.4 is 14.8 Å². The van der Waals surface area contributed by atoms with Crippen molar-refractivity contribution >= 4 is 21.6 Å². The van der Waals surface area contributed by atoms with Crippen LogP contribution in [0.3, 0.4) is 0 Å². The predicted octanol–water partition coefficient (Wildman–Crippen LogP) is 2.88. The van der Waals surface area contributed by atoms with Crippen LogP contribution in [0.25, 0.3) is 0 Å². The summed E-state index contributed by atoms with van der Waals surface area (Å²) in [6, 6.07) is 21.0. The molecule has 0 spiro atoms. The van der Waals surface area contributed by atoms with Crippen LogP contribution in [-0.4, -0.2) is 32.3 Å². The zero-order chi connectivity index (χ0) is 23.0. The average molecular weight is 455 g/mol. The van der Waals surface area contributed by atoms with Gasteiger partial charge in [-0.1, -0.05) is 42.5 Å². The molecule has 0 radical (unpaired) electrons. The van der Waals surface area contributed by atoms with Gasteiger partial charge in [0.1, 0.15) is 12.4 Å². The third-order valence-electron chi connectivity index (χ3n) is 4.39. The largest absolute Gasteiger partial charge is 0.489 e. The molecular formula is C22H21N3O6S. The predicted molar refractivity (Wildman–Crippen MR) is 118 cm³/mol. The van der Waals surface area contributed by atoms with E-state index in [1.54, 1.807) is 24.3 Å². The van der Waals surface area contributed by atoms with Crippen LogP contribution in [0, 0.1) is 10.1 Å². The zero-order valence-corrected chi connectivity index (χ0v) is 17.7. The van der Waals surface area contributed by atoms with Gasteiger partial charge in [-0.05, 0) is 29.8 Å². The second-order valence-electron chi connectivity index (χ2n) is 6.71. The number of nitro groups is 1. The number of amides is 1. The maximum atomic E-state index is 12.4. The molecule has 0 aromatic heterocycles. The normalized spacial score (nSPS) is 11.0. The van der Waals surface area contributed by atoms with Crippen molar-refractivity contribution in [3.05, 3.63) is 100 Å². The Kier molecular flexibility index (Phi) is 7.53. The molecule has 166 valence electrons. The van der Waals surface area contributed by atoms with E-state index in [1.807, 2.05) is 30.3 Å². The van der Waals surface area contributed by atoms with Crippen molar-refractivity contribution in [2.45, 2.75) is 11.5 Å². The minimum atomic E-state index is -3.95. The number of benzene rings is 3. The fourth-order valence-electron chi connectivity index (χ4n) is 2.78. The van der Waals surface area contributed by atoms with Crippen LogP contribution in [0.1, 0.15) is 15.9 Å². The first-order valence-electron chi connectivity index (χ1n) is 9.64. The van der Waals surface area contributed by atoms with Gasteiger partial charge in [-0.2, -0.15) is 0 Å². The van der Waals surface area contributed by atoms with E-state index < -0.39 is 14.9 Å². The quantitative estimate of drug-likeness (QED) is 0.275. The zero-order valence-electron chi connectivity index (χ0n) is 16.9. The highest BCUT2D eigenvalue weighted by Crippen LogP contribution is 2.17. The molecule has 0 aliphatic carbocycles. The Morgan fingerprint density at radius 1 is 0.938 bits per heavy atom. The molecule has 0 atom stereocenters. The maximum Gasteiger partial charge on any atom is 0.270 e. The maximum absolute atomic E-state index is 12.4. The molecule has 1 amide bonds. The van der Waals surface area contributed by atoms with Gasteiger partial charge in [0, 0.05) is 30.8 Å². The van der Waals surface area contributed by atoms with Gasteiger partial charge in [0.2, 0.25) is 10.0 Å². The van der Waals surface area contributed by atoms with Crippen molar-refractivity contribution < 1.29 is 22.9 Å². The molecule has 0 saturated heterocycles. The van der Waals surface area contributed by atoms with E-state index in [9.17, 15) is 23.3 Å². The standard InChI is InChI=1S/C22H21N3O6S/c26-22(18-8-4-10-20(14-18)31-16-17-6-2-1-3-7-17)23-12-13-24-32(29,30)21-11-5-9-19(15-21)25(27)28/h1-11,14-15,24H,12-13,16H2,(H,23,26). The van der Waals surface area contributed by atoms with Crippen LogP contribution >= 0.6 is 0 Å². The molecule has 0 unspecified atom stereocenters. The second-order valence-corrected chi connectivity index (χ2v) is 8.48. The van der Waals surface area contributed by atoms with Crippen LogP contribution in [-0.2, 0) is 16.6 Å². The smallest absolute Gasteiger partial charge is 0.270 e. The Hall–Kier alpha value is -3.76. The summed E-state index contributed by atoms with van der Waals surface area (Å²) in [5.74, 6) is 0.151. The summed E-state index contributed by atoms with van der Waals surface area (Å²) in [4.78, 5) is 22.3. The van der Waals surface area contributed by atoms with Gasteiger partial charge in [-0.25, -0.2) is 13.1 Å². The molecule has 3 aromatic rings. The van der Waals surface area contributed by atoms with Gasteiger partial charge in [0.25, 0.3) is 11.6 Å². The van der Waals surface area contributed by atoms with E-state index in [4.69, 9.17) is 4.74 Å². The Morgan fingerprint density at radius 3 is 2.44 bits per heavy atom. The molecule has 9 nitrogen and oxygen atoms in total. The van der Waals surface area contributed by atoms with E-state index in [0.29, 0.717) is 17.9 Å². The lowest BCUT2D eigenvalue weighted by atomic mass is 10.2. The molecule has 0 fully saturated rings. The van der Waals surface area contributed by atoms with Gasteiger partial charge in [0.15, 0.2) is 0 Å². The number of non-ortho nitro benzene ring substituents is 1. The third kappa shape index (κ3) is 6.37. The SMILES string of the molecule is O=C(NCCNS(=O)(=O)c1cccc([N+](=O)[O-])c1)c1cccc(OCc2ccccc2)c1. The number of sulfonamides is 1. The molecule has 3 aromatic carbocycles. The van der Waals surface area contributed by atoms with Gasteiger partial charge in [-0.15, -0.1) is 0 Å². The first-order chi connectivity index (χ1) is 15.3. The fraction of sp³-hybridized carbons (Fsp3) is 0.136. The highest BCUT2D eigenvalue weighted by Gasteiger charge is 2.17. The van der Waals surface area contributed by atoms with Crippen molar-refractivity contribution in [1.29, 1.82) is 0 Å². The molecule has 2 N–H and O–H groups in total. The summed E-state index contributed by atoms with van der Waals surface area (Å²) in [5.41, 5.74) is 1.05. The van der Waals surface area contributed by atoms with Gasteiger partial charge >= 0.3 is 0 Å². The Labute approximate surface area is 185 Å². The summed E-state index contributed by atoms with van der Waals surface area (Å²) in [5, 5.41) is 13.4. The number of carbonyl (C=O) groups excluding carboxylic acids is 1. The van der Waals surface area contributed by atoms with Crippen LogP contribution in [0.4, 0.5) is 5.69 Å². The number of hydrogen-bond donors (Lipinski definition) is 2. The minimum absolute atomic E-state index is 0.0299. The molecule has 3 rings (SSSR count). The van der Waals surface area contributed by atoms with Crippen molar-refractivity contribution in [2.24, 2.45) is 0 Å². The summed E-state index contributed by atoms with van der Waals surface area (Å²) in [6.45, 7) is 0.314.